The summed E-state index contributed by atoms with van der Waals surface area (Å²) in [5.41, 5.74) is 9.43. The van der Waals surface area contributed by atoms with Gasteiger partial charge in [-0.1, -0.05) is 6.07 Å². The molecule has 1 aromatic carbocycles. The molecule has 86 valence electrons. The van der Waals surface area contributed by atoms with Crippen LogP contribution in [0.4, 0.5) is 0 Å². The van der Waals surface area contributed by atoms with Gasteiger partial charge in [0.05, 0.1) is 13.2 Å². The van der Waals surface area contributed by atoms with E-state index in [-0.39, 0.29) is 6.04 Å². The number of ether oxygens (including phenoxy) is 1. The Kier molecular flexibility index (Phi) is 4.33. The van der Waals surface area contributed by atoms with Gasteiger partial charge in [-0.2, -0.15) is 5.26 Å². The average molecular weight is 218 g/mol. The molecule has 0 fully saturated rings. The quantitative estimate of drug-likeness (QED) is 0.845. The maximum Gasteiger partial charge on any atom is 0.122 e. The molecule has 0 bridgehead atoms. The van der Waals surface area contributed by atoms with E-state index >= 15 is 0 Å². The van der Waals surface area contributed by atoms with E-state index in [1.807, 2.05) is 26.0 Å². The van der Waals surface area contributed by atoms with Crippen LogP contribution in [0, 0.1) is 25.2 Å². The van der Waals surface area contributed by atoms with E-state index in [9.17, 15) is 0 Å². The molecule has 0 heterocycles. The standard InChI is InChI=1S/C13H18N2O/c1-9-10(2)13(16-3)7-6-11(9)12(15)5-4-8-14/h6-7,12H,4-5,15H2,1-3H3. The first kappa shape index (κ1) is 12.5. The summed E-state index contributed by atoms with van der Waals surface area (Å²) < 4.78 is 5.25. The van der Waals surface area contributed by atoms with Crippen LogP contribution in [0.15, 0.2) is 12.1 Å². The molecule has 1 unspecified atom stereocenters. The van der Waals surface area contributed by atoms with Gasteiger partial charge in [-0.15, -0.1) is 0 Å². The molecule has 1 atom stereocenters. The summed E-state index contributed by atoms with van der Waals surface area (Å²) in [6.45, 7) is 4.06. The van der Waals surface area contributed by atoms with Gasteiger partial charge in [-0.05, 0) is 43.0 Å². The second kappa shape index (κ2) is 5.53. The maximum absolute atomic E-state index is 8.54. The molecule has 0 aliphatic rings. The molecule has 16 heavy (non-hydrogen) atoms. The van der Waals surface area contributed by atoms with Crippen molar-refractivity contribution >= 4 is 0 Å². The number of hydrogen-bond donors (Lipinski definition) is 1. The van der Waals surface area contributed by atoms with Crippen molar-refractivity contribution in [2.45, 2.75) is 32.7 Å². The molecule has 0 radical (unpaired) electrons. The van der Waals surface area contributed by atoms with E-state index in [0.29, 0.717) is 12.8 Å². The molecular weight excluding hydrogens is 200 g/mol. The van der Waals surface area contributed by atoms with Gasteiger partial charge < -0.3 is 10.5 Å². The molecule has 3 nitrogen and oxygen atoms in total. The molecule has 0 aliphatic heterocycles. The summed E-state index contributed by atoms with van der Waals surface area (Å²) in [5.74, 6) is 0.883. The lowest BCUT2D eigenvalue weighted by atomic mass is 9.95. The van der Waals surface area contributed by atoms with Crippen LogP contribution in [0.1, 0.15) is 35.6 Å². The largest absolute Gasteiger partial charge is 0.496 e. The van der Waals surface area contributed by atoms with Gasteiger partial charge in [0.25, 0.3) is 0 Å². The molecule has 3 heteroatoms. The molecular formula is C13H18N2O. The van der Waals surface area contributed by atoms with E-state index < -0.39 is 0 Å². The molecule has 1 rings (SSSR count). The van der Waals surface area contributed by atoms with Gasteiger partial charge in [-0.25, -0.2) is 0 Å². The van der Waals surface area contributed by atoms with Crippen molar-refractivity contribution < 1.29 is 4.74 Å². The Labute approximate surface area is 96.8 Å². The van der Waals surface area contributed by atoms with Crippen LogP contribution in [0.2, 0.25) is 0 Å². The van der Waals surface area contributed by atoms with Crippen molar-refractivity contribution in [3.05, 3.63) is 28.8 Å². The highest BCUT2D eigenvalue weighted by Gasteiger charge is 2.12. The smallest absolute Gasteiger partial charge is 0.122 e. The zero-order chi connectivity index (χ0) is 12.1. The first-order valence-electron chi connectivity index (χ1n) is 5.38. The summed E-state index contributed by atoms with van der Waals surface area (Å²) in [6, 6.07) is 5.98. The Bertz CT molecular complexity index is 407. The van der Waals surface area contributed by atoms with Crippen molar-refractivity contribution in [3.8, 4) is 11.8 Å². The molecule has 0 amide bonds. The van der Waals surface area contributed by atoms with Crippen LogP contribution in [0.5, 0.6) is 5.75 Å². The lowest BCUT2D eigenvalue weighted by Gasteiger charge is -2.17. The molecule has 0 aliphatic carbocycles. The number of nitriles is 1. The van der Waals surface area contributed by atoms with Gasteiger partial charge in [-0.3, -0.25) is 0 Å². The van der Waals surface area contributed by atoms with E-state index in [0.717, 1.165) is 22.4 Å². The average Bonchev–Trinajstić information content (AvgIpc) is 2.29. The Hall–Kier alpha value is -1.53. The van der Waals surface area contributed by atoms with E-state index in [4.69, 9.17) is 15.7 Å². The fraction of sp³-hybridized carbons (Fsp3) is 0.462. The minimum absolute atomic E-state index is 0.0655. The van der Waals surface area contributed by atoms with Gasteiger partial charge in [0.2, 0.25) is 0 Å². The highest BCUT2D eigenvalue weighted by Crippen LogP contribution is 2.28. The number of nitrogens with zero attached hydrogens (tertiary/aromatic N) is 1. The van der Waals surface area contributed by atoms with Gasteiger partial charge >= 0.3 is 0 Å². The predicted octanol–water partition coefficient (Wildman–Crippen LogP) is 2.62. The van der Waals surface area contributed by atoms with E-state index in [1.54, 1.807) is 7.11 Å². The molecule has 1 aromatic rings. The summed E-state index contributed by atoms with van der Waals surface area (Å²) in [5, 5.41) is 8.54. The van der Waals surface area contributed by atoms with E-state index in [2.05, 4.69) is 6.07 Å². The molecule has 0 saturated carbocycles. The Morgan fingerprint density at radius 2 is 2.06 bits per heavy atom. The SMILES string of the molecule is COc1ccc(C(N)CCC#N)c(C)c1C. The van der Waals surface area contributed by atoms with Crippen LogP contribution in [0.25, 0.3) is 0 Å². The Morgan fingerprint density at radius 1 is 1.38 bits per heavy atom. The fourth-order valence-corrected chi connectivity index (χ4v) is 1.82. The molecule has 0 saturated heterocycles. The minimum Gasteiger partial charge on any atom is -0.496 e. The van der Waals surface area contributed by atoms with Gasteiger partial charge in [0.15, 0.2) is 0 Å². The maximum atomic E-state index is 8.54. The zero-order valence-electron chi connectivity index (χ0n) is 10.1. The normalized spacial score (nSPS) is 11.9. The van der Waals surface area contributed by atoms with Crippen LogP contribution < -0.4 is 10.5 Å². The van der Waals surface area contributed by atoms with Gasteiger partial charge in [0, 0.05) is 12.5 Å². The lowest BCUT2D eigenvalue weighted by Crippen LogP contribution is -2.12. The summed E-state index contributed by atoms with van der Waals surface area (Å²) in [7, 11) is 1.66. The van der Waals surface area contributed by atoms with Crippen molar-refractivity contribution in [2.24, 2.45) is 5.73 Å². The Balaban J connectivity index is 2.98. The molecule has 0 aromatic heterocycles. The number of nitrogens with two attached hydrogens (primary N) is 1. The van der Waals surface area contributed by atoms with Crippen molar-refractivity contribution in [1.82, 2.24) is 0 Å². The summed E-state index contributed by atoms with van der Waals surface area (Å²) in [4.78, 5) is 0. The van der Waals surface area contributed by atoms with Crippen molar-refractivity contribution in [3.63, 3.8) is 0 Å². The molecule has 2 N–H and O–H groups in total. The highest BCUT2D eigenvalue weighted by molar-refractivity contribution is 5.44. The fourth-order valence-electron chi connectivity index (χ4n) is 1.82. The number of hydrogen-bond acceptors (Lipinski definition) is 3. The highest BCUT2D eigenvalue weighted by atomic mass is 16.5. The lowest BCUT2D eigenvalue weighted by molar-refractivity contribution is 0.411. The summed E-state index contributed by atoms with van der Waals surface area (Å²) >= 11 is 0. The van der Waals surface area contributed by atoms with Crippen LogP contribution in [-0.4, -0.2) is 7.11 Å². The second-order valence-electron chi connectivity index (χ2n) is 3.91. The van der Waals surface area contributed by atoms with Crippen molar-refractivity contribution in [2.75, 3.05) is 7.11 Å². The van der Waals surface area contributed by atoms with Crippen molar-refractivity contribution in [1.29, 1.82) is 5.26 Å². The minimum atomic E-state index is -0.0655. The third-order valence-electron chi connectivity index (χ3n) is 2.97. The summed E-state index contributed by atoms with van der Waals surface area (Å²) in [6.07, 6.45) is 1.19. The topological polar surface area (TPSA) is 59.0 Å². The van der Waals surface area contributed by atoms with Crippen LogP contribution in [-0.2, 0) is 0 Å². The van der Waals surface area contributed by atoms with Crippen LogP contribution in [0.3, 0.4) is 0 Å². The number of rotatable bonds is 4. The van der Waals surface area contributed by atoms with E-state index in [1.165, 1.54) is 0 Å². The predicted molar refractivity (Wildman–Crippen MR) is 64.2 cm³/mol. The van der Waals surface area contributed by atoms with Crippen LogP contribution >= 0.6 is 0 Å². The first-order chi connectivity index (χ1) is 7.61. The zero-order valence-corrected chi connectivity index (χ0v) is 10.1. The third kappa shape index (κ3) is 2.53. The van der Waals surface area contributed by atoms with Gasteiger partial charge in [0.1, 0.15) is 5.75 Å². The third-order valence-corrected chi connectivity index (χ3v) is 2.97. The second-order valence-corrected chi connectivity index (χ2v) is 3.91. The first-order valence-corrected chi connectivity index (χ1v) is 5.38. The number of benzene rings is 1. The molecule has 0 spiro atoms. The monoisotopic (exact) mass is 218 g/mol. The Morgan fingerprint density at radius 3 is 2.62 bits per heavy atom. The number of methoxy groups -OCH3 is 1.